The number of nitrogens with zero attached hydrogens (tertiary/aromatic N) is 1. The minimum atomic E-state index is -0.496. The molecule has 0 spiro atoms. The zero-order valence-corrected chi connectivity index (χ0v) is 9.98. The van der Waals surface area contributed by atoms with Gasteiger partial charge in [0.2, 0.25) is 0 Å². The summed E-state index contributed by atoms with van der Waals surface area (Å²) in [6.45, 7) is 4.02. The SMILES string of the molecule is COC(=O)c1cc(-c2cc(C)cc(C)c2)on1. The van der Waals surface area contributed by atoms with Gasteiger partial charge < -0.3 is 9.26 Å². The maximum atomic E-state index is 11.2. The van der Waals surface area contributed by atoms with Crippen molar-refractivity contribution in [2.24, 2.45) is 0 Å². The number of ether oxygens (including phenoxy) is 1. The average molecular weight is 231 g/mol. The molecule has 0 fully saturated rings. The first kappa shape index (κ1) is 11.4. The lowest BCUT2D eigenvalue weighted by atomic mass is 10.1. The van der Waals surface area contributed by atoms with Crippen LogP contribution < -0.4 is 0 Å². The van der Waals surface area contributed by atoms with E-state index in [1.807, 2.05) is 26.0 Å². The molecule has 2 aromatic rings. The van der Waals surface area contributed by atoms with Gasteiger partial charge in [0, 0.05) is 11.6 Å². The van der Waals surface area contributed by atoms with E-state index in [9.17, 15) is 4.79 Å². The van der Waals surface area contributed by atoms with Crippen molar-refractivity contribution in [3.05, 3.63) is 41.1 Å². The molecule has 1 heterocycles. The number of hydrogen-bond acceptors (Lipinski definition) is 4. The highest BCUT2D eigenvalue weighted by Gasteiger charge is 2.13. The van der Waals surface area contributed by atoms with Crippen LogP contribution in [0.25, 0.3) is 11.3 Å². The van der Waals surface area contributed by atoms with Gasteiger partial charge >= 0.3 is 5.97 Å². The molecule has 1 aromatic carbocycles. The van der Waals surface area contributed by atoms with E-state index in [0.717, 1.165) is 16.7 Å². The Morgan fingerprint density at radius 1 is 1.18 bits per heavy atom. The molecule has 0 saturated carbocycles. The third-order valence-corrected chi connectivity index (χ3v) is 2.41. The van der Waals surface area contributed by atoms with Crippen molar-refractivity contribution in [2.75, 3.05) is 7.11 Å². The van der Waals surface area contributed by atoms with Crippen LogP contribution >= 0.6 is 0 Å². The Balaban J connectivity index is 2.40. The number of benzene rings is 1. The third kappa shape index (κ3) is 2.36. The molecule has 1 aromatic heterocycles. The molecule has 0 bridgehead atoms. The van der Waals surface area contributed by atoms with Crippen LogP contribution in [-0.2, 0) is 4.74 Å². The number of rotatable bonds is 2. The van der Waals surface area contributed by atoms with E-state index < -0.39 is 5.97 Å². The van der Waals surface area contributed by atoms with Crippen LogP contribution in [0, 0.1) is 13.8 Å². The number of carbonyl (C=O) groups excluding carboxylic acids is 1. The quantitative estimate of drug-likeness (QED) is 0.746. The predicted octanol–water partition coefficient (Wildman–Crippen LogP) is 2.75. The van der Waals surface area contributed by atoms with Crippen molar-refractivity contribution in [3.8, 4) is 11.3 Å². The average Bonchev–Trinajstić information content (AvgIpc) is 2.76. The van der Waals surface area contributed by atoms with Gasteiger partial charge in [-0.1, -0.05) is 22.3 Å². The lowest BCUT2D eigenvalue weighted by molar-refractivity contribution is 0.0589. The summed E-state index contributed by atoms with van der Waals surface area (Å²) in [5.41, 5.74) is 3.36. The Morgan fingerprint density at radius 2 is 1.82 bits per heavy atom. The van der Waals surface area contributed by atoms with Crippen LogP contribution in [0.15, 0.2) is 28.8 Å². The largest absolute Gasteiger partial charge is 0.464 e. The highest BCUT2D eigenvalue weighted by Crippen LogP contribution is 2.23. The van der Waals surface area contributed by atoms with Gasteiger partial charge in [-0.25, -0.2) is 4.79 Å². The lowest BCUT2D eigenvalue weighted by Crippen LogP contribution is -2.00. The van der Waals surface area contributed by atoms with Crippen LogP contribution in [0.2, 0.25) is 0 Å². The molecule has 0 N–H and O–H groups in total. The molecular weight excluding hydrogens is 218 g/mol. The van der Waals surface area contributed by atoms with Crippen molar-refractivity contribution in [1.29, 1.82) is 0 Å². The first-order valence-corrected chi connectivity index (χ1v) is 5.24. The van der Waals surface area contributed by atoms with E-state index in [1.54, 1.807) is 6.07 Å². The van der Waals surface area contributed by atoms with Gasteiger partial charge in [0.1, 0.15) is 0 Å². The molecule has 0 saturated heterocycles. The zero-order chi connectivity index (χ0) is 12.4. The predicted molar refractivity (Wildman–Crippen MR) is 62.8 cm³/mol. The monoisotopic (exact) mass is 231 g/mol. The van der Waals surface area contributed by atoms with Gasteiger partial charge in [-0.2, -0.15) is 0 Å². The first-order chi connectivity index (χ1) is 8.10. The molecule has 0 radical (unpaired) electrons. The van der Waals surface area contributed by atoms with E-state index in [0.29, 0.717) is 5.76 Å². The number of carbonyl (C=O) groups is 1. The van der Waals surface area contributed by atoms with E-state index in [1.165, 1.54) is 7.11 Å². The van der Waals surface area contributed by atoms with Crippen LogP contribution in [0.4, 0.5) is 0 Å². The second-order valence-electron chi connectivity index (χ2n) is 3.94. The molecule has 0 unspecified atom stereocenters. The summed E-state index contributed by atoms with van der Waals surface area (Å²) in [6.07, 6.45) is 0. The summed E-state index contributed by atoms with van der Waals surface area (Å²) >= 11 is 0. The molecule has 4 heteroatoms. The fourth-order valence-corrected chi connectivity index (χ4v) is 1.73. The van der Waals surface area contributed by atoms with Crippen molar-refractivity contribution >= 4 is 5.97 Å². The van der Waals surface area contributed by atoms with Gasteiger partial charge in [-0.05, 0) is 26.0 Å². The maximum absolute atomic E-state index is 11.2. The number of hydrogen-bond donors (Lipinski definition) is 0. The molecule has 2 rings (SSSR count). The Bertz CT molecular complexity index is 537. The Kier molecular flexibility index (Phi) is 2.95. The minimum Gasteiger partial charge on any atom is -0.464 e. The summed E-state index contributed by atoms with van der Waals surface area (Å²) in [5, 5.41) is 3.67. The van der Waals surface area contributed by atoms with Crippen molar-refractivity contribution in [2.45, 2.75) is 13.8 Å². The van der Waals surface area contributed by atoms with Crippen molar-refractivity contribution in [1.82, 2.24) is 5.16 Å². The highest BCUT2D eigenvalue weighted by molar-refractivity contribution is 5.88. The molecular formula is C13H13NO3. The molecule has 0 aliphatic heterocycles. The van der Waals surface area contributed by atoms with Crippen LogP contribution in [0.1, 0.15) is 21.6 Å². The molecule has 4 nitrogen and oxygen atoms in total. The van der Waals surface area contributed by atoms with Crippen LogP contribution in [0.5, 0.6) is 0 Å². The molecule has 17 heavy (non-hydrogen) atoms. The second kappa shape index (κ2) is 4.41. The van der Waals surface area contributed by atoms with E-state index in [2.05, 4.69) is 16.0 Å². The Labute approximate surface area is 99.2 Å². The standard InChI is InChI=1S/C13H13NO3/c1-8-4-9(2)6-10(5-8)12-7-11(14-17-12)13(15)16-3/h4-7H,1-3H3. The number of esters is 1. The Hall–Kier alpha value is -2.10. The van der Waals surface area contributed by atoms with Gasteiger partial charge in [-0.3, -0.25) is 0 Å². The number of aromatic nitrogens is 1. The second-order valence-corrected chi connectivity index (χ2v) is 3.94. The van der Waals surface area contributed by atoms with E-state index in [4.69, 9.17) is 4.52 Å². The maximum Gasteiger partial charge on any atom is 0.360 e. The molecule has 0 atom stereocenters. The summed E-state index contributed by atoms with van der Waals surface area (Å²) in [4.78, 5) is 11.2. The minimum absolute atomic E-state index is 0.182. The number of methoxy groups -OCH3 is 1. The molecule has 0 amide bonds. The number of aryl methyl sites for hydroxylation is 2. The fourth-order valence-electron chi connectivity index (χ4n) is 1.73. The lowest BCUT2D eigenvalue weighted by Gasteiger charge is -2.00. The third-order valence-electron chi connectivity index (χ3n) is 2.41. The van der Waals surface area contributed by atoms with Crippen molar-refractivity contribution < 1.29 is 14.1 Å². The summed E-state index contributed by atoms with van der Waals surface area (Å²) in [5.74, 6) is 0.0709. The van der Waals surface area contributed by atoms with Crippen LogP contribution in [0.3, 0.4) is 0 Å². The van der Waals surface area contributed by atoms with Gasteiger partial charge in [0.25, 0.3) is 0 Å². The van der Waals surface area contributed by atoms with E-state index >= 15 is 0 Å². The summed E-state index contributed by atoms with van der Waals surface area (Å²) in [6, 6.07) is 7.62. The first-order valence-electron chi connectivity index (χ1n) is 5.24. The van der Waals surface area contributed by atoms with Gasteiger partial charge in [0.15, 0.2) is 11.5 Å². The fraction of sp³-hybridized carbons (Fsp3) is 0.231. The van der Waals surface area contributed by atoms with E-state index in [-0.39, 0.29) is 5.69 Å². The van der Waals surface area contributed by atoms with Crippen LogP contribution in [-0.4, -0.2) is 18.2 Å². The molecule has 88 valence electrons. The normalized spacial score (nSPS) is 10.3. The van der Waals surface area contributed by atoms with Crippen molar-refractivity contribution in [3.63, 3.8) is 0 Å². The summed E-state index contributed by atoms with van der Waals surface area (Å²) in [7, 11) is 1.31. The van der Waals surface area contributed by atoms with Gasteiger partial charge in [0.05, 0.1) is 7.11 Å². The Morgan fingerprint density at radius 3 is 2.41 bits per heavy atom. The topological polar surface area (TPSA) is 52.3 Å². The smallest absolute Gasteiger partial charge is 0.360 e. The molecule has 0 aliphatic carbocycles. The zero-order valence-electron chi connectivity index (χ0n) is 9.98. The summed E-state index contributed by atoms with van der Waals surface area (Å²) < 4.78 is 9.70. The van der Waals surface area contributed by atoms with Gasteiger partial charge in [-0.15, -0.1) is 0 Å². The highest BCUT2D eigenvalue weighted by atomic mass is 16.5. The molecule has 0 aliphatic rings.